The normalized spacial score (nSPS) is 12.3. The van der Waals surface area contributed by atoms with Crippen LogP contribution in [0.5, 0.6) is 17.2 Å². The van der Waals surface area contributed by atoms with Gasteiger partial charge in [0.05, 0.1) is 0 Å². The lowest BCUT2D eigenvalue weighted by Gasteiger charge is -2.16. The van der Waals surface area contributed by atoms with E-state index in [4.69, 9.17) is 0 Å². The number of nitrogens with one attached hydrogen (secondary N) is 1. The molecule has 0 unspecified atom stereocenters. The monoisotopic (exact) mass is 337 g/mol. The summed E-state index contributed by atoms with van der Waals surface area (Å²) in [4.78, 5) is 0. The van der Waals surface area contributed by atoms with Gasteiger partial charge in [-0.2, -0.15) is 0 Å². The molecule has 1 atom stereocenters. The molecule has 106 valence electrons. The molecule has 0 saturated carbocycles. The maximum absolute atomic E-state index is 9.76. The van der Waals surface area contributed by atoms with Crippen LogP contribution in [0.4, 0.5) is 0 Å². The van der Waals surface area contributed by atoms with E-state index in [2.05, 4.69) is 21.2 Å². The van der Waals surface area contributed by atoms with Gasteiger partial charge in [0.25, 0.3) is 0 Å². The van der Waals surface area contributed by atoms with E-state index in [0.717, 1.165) is 10.0 Å². The fraction of sp³-hybridized carbons (Fsp3) is 0.200. The van der Waals surface area contributed by atoms with Crippen molar-refractivity contribution in [1.29, 1.82) is 0 Å². The van der Waals surface area contributed by atoms with Crippen molar-refractivity contribution in [3.05, 3.63) is 52.0 Å². The number of phenols is 3. The molecule has 0 aromatic heterocycles. The zero-order valence-electron chi connectivity index (χ0n) is 11.0. The molecule has 2 aromatic rings. The number of rotatable bonds is 4. The lowest BCUT2D eigenvalue weighted by Crippen LogP contribution is -2.18. The van der Waals surface area contributed by atoms with Gasteiger partial charge < -0.3 is 20.6 Å². The molecule has 2 aromatic carbocycles. The van der Waals surface area contributed by atoms with E-state index in [9.17, 15) is 15.3 Å². The highest BCUT2D eigenvalue weighted by Crippen LogP contribution is 2.37. The maximum atomic E-state index is 9.76. The Bertz CT molecular complexity index is 616. The second-order valence-electron chi connectivity index (χ2n) is 4.57. The van der Waals surface area contributed by atoms with Crippen LogP contribution in [0.2, 0.25) is 0 Å². The van der Waals surface area contributed by atoms with E-state index in [0.29, 0.717) is 12.1 Å². The van der Waals surface area contributed by atoms with Gasteiger partial charge in [0, 0.05) is 22.6 Å². The molecule has 0 aliphatic carbocycles. The first-order valence-electron chi connectivity index (χ1n) is 6.21. The van der Waals surface area contributed by atoms with Crippen LogP contribution in [-0.2, 0) is 6.54 Å². The second kappa shape index (κ2) is 6.15. The Morgan fingerprint density at radius 2 is 1.75 bits per heavy atom. The molecule has 0 bridgehead atoms. The van der Waals surface area contributed by atoms with Crippen LogP contribution in [0.1, 0.15) is 24.1 Å². The summed E-state index contributed by atoms with van der Waals surface area (Å²) < 4.78 is 1.01. The Morgan fingerprint density at radius 1 is 1.05 bits per heavy atom. The highest BCUT2D eigenvalue weighted by atomic mass is 79.9. The minimum atomic E-state index is -0.488. The molecule has 4 nitrogen and oxygen atoms in total. The minimum Gasteiger partial charge on any atom is -0.504 e. The smallest absolute Gasteiger partial charge is 0.200 e. The van der Waals surface area contributed by atoms with Crippen LogP contribution >= 0.6 is 15.9 Å². The zero-order chi connectivity index (χ0) is 14.7. The van der Waals surface area contributed by atoms with Crippen molar-refractivity contribution in [2.24, 2.45) is 0 Å². The Morgan fingerprint density at radius 3 is 2.45 bits per heavy atom. The van der Waals surface area contributed by atoms with Gasteiger partial charge in [-0.15, -0.1) is 0 Å². The van der Waals surface area contributed by atoms with E-state index >= 15 is 0 Å². The molecule has 20 heavy (non-hydrogen) atoms. The van der Waals surface area contributed by atoms with Crippen molar-refractivity contribution >= 4 is 15.9 Å². The van der Waals surface area contributed by atoms with Crippen molar-refractivity contribution in [2.75, 3.05) is 0 Å². The Hall–Kier alpha value is -1.72. The summed E-state index contributed by atoms with van der Waals surface area (Å²) in [5, 5.41) is 31.8. The van der Waals surface area contributed by atoms with Gasteiger partial charge in [-0.1, -0.05) is 40.2 Å². The second-order valence-corrected chi connectivity index (χ2v) is 5.42. The fourth-order valence-corrected chi connectivity index (χ4v) is 2.58. The summed E-state index contributed by atoms with van der Waals surface area (Å²) in [6, 6.07) is 10.9. The summed E-state index contributed by atoms with van der Waals surface area (Å²) in [6.45, 7) is 2.39. The highest BCUT2D eigenvalue weighted by molar-refractivity contribution is 9.10. The Balaban J connectivity index is 2.10. The molecular formula is C15H16BrNO3. The maximum Gasteiger partial charge on any atom is 0.200 e. The lowest BCUT2D eigenvalue weighted by atomic mass is 10.1. The molecular weight excluding hydrogens is 322 g/mol. The van der Waals surface area contributed by atoms with Gasteiger partial charge in [0.1, 0.15) is 0 Å². The molecule has 0 fully saturated rings. The largest absolute Gasteiger partial charge is 0.504 e. The third kappa shape index (κ3) is 3.05. The van der Waals surface area contributed by atoms with Gasteiger partial charge in [-0.05, 0) is 24.6 Å². The van der Waals surface area contributed by atoms with Crippen LogP contribution in [-0.4, -0.2) is 15.3 Å². The summed E-state index contributed by atoms with van der Waals surface area (Å²) in [5.74, 6) is -1.11. The minimum absolute atomic E-state index is 0.0703. The molecule has 0 radical (unpaired) electrons. The molecule has 0 heterocycles. The van der Waals surface area contributed by atoms with Crippen LogP contribution in [0, 0.1) is 0 Å². The third-order valence-corrected chi connectivity index (χ3v) is 3.91. The standard InChI is InChI=1S/C15H16BrNO3/c1-9(11-4-2-3-5-12(11)16)17-8-10-6-7-13(18)15(20)14(10)19/h2-7,9,17-20H,8H2,1H3/t9-/m0/s1. The van der Waals surface area contributed by atoms with Crippen LogP contribution in [0.15, 0.2) is 40.9 Å². The van der Waals surface area contributed by atoms with E-state index in [1.54, 1.807) is 6.07 Å². The number of phenolic OH excluding ortho intramolecular Hbond substituents is 3. The molecule has 0 spiro atoms. The van der Waals surface area contributed by atoms with Crippen molar-refractivity contribution < 1.29 is 15.3 Å². The predicted octanol–water partition coefficient (Wildman–Crippen LogP) is 3.42. The molecule has 4 N–H and O–H groups in total. The Kier molecular flexibility index (Phi) is 4.52. The van der Waals surface area contributed by atoms with E-state index in [-0.39, 0.29) is 17.5 Å². The predicted molar refractivity (Wildman–Crippen MR) is 80.8 cm³/mol. The topological polar surface area (TPSA) is 72.7 Å². The fourth-order valence-electron chi connectivity index (χ4n) is 1.95. The lowest BCUT2D eigenvalue weighted by molar-refractivity contribution is 0.363. The molecule has 2 rings (SSSR count). The van der Waals surface area contributed by atoms with Crippen LogP contribution < -0.4 is 5.32 Å². The molecule has 0 saturated heterocycles. The summed E-state index contributed by atoms with van der Waals surface area (Å²) >= 11 is 3.50. The average molecular weight is 338 g/mol. The zero-order valence-corrected chi connectivity index (χ0v) is 12.6. The van der Waals surface area contributed by atoms with Crippen LogP contribution in [0.3, 0.4) is 0 Å². The van der Waals surface area contributed by atoms with Gasteiger partial charge in [0.2, 0.25) is 5.75 Å². The van der Waals surface area contributed by atoms with Gasteiger partial charge in [-0.3, -0.25) is 0 Å². The van der Waals surface area contributed by atoms with Crippen molar-refractivity contribution in [3.63, 3.8) is 0 Å². The first-order valence-corrected chi connectivity index (χ1v) is 7.00. The number of halogens is 1. The SMILES string of the molecule is C[C@H](NCc1ccc(O)c(O)c1O)c1ccccc1Br. The summed E-state index contributed by atoms with van der Waals surface area (Å²) in [6.07, 6.45) is 0. The van der Waals surface area contributed by atoms with Gasteiger partial charge >= 0.3 is 0 Å². The third-order valence-electron chi connectivity index (χ3n) is 3.18. The molecule has 0 amide bonds. The quantitative estimate of drug-likeness (QED) is 0.645. The van der Waals surface area contributed by atoms with Gasteiger partial charge in [0.15, 0.2) is 11.5 Å². The summed E-state index contributed by atoms with van der Waals surface area (Å²) in [5.41, 5.74) is 1.63. The number of benzene rings is 2. The number of aromatic hydroxyl groups is 3. The molecule has 0 aliphatic heterocycles. The van der Waals surface area contributed by atoms with Crippen molar-refractivity contribution in [3.8, 4) is 17.2 Å². The van der Waals surface area contributed by atoms with E-state index in [1.807, 2.05) is 31.2 Å². The first kappa shape index (κ1) is 14.7. The average Bonchev–Trinajstić information content (AvgIpc) is 2.44. The van der Waals surface area contributed by atoms with Crippen molar-refractivity contribution in [2.45, 2.75) is 19.5 Å². The van der Waals surface area contributed by atoms with E-state index in [1.165, 1.54) is 6.07 Å². The number of hydrogen-bond donors (Lipinski definition) is 4. The summed E-state index contributed by atoms with van der Waals surface area (Å²) in [7, 11) is 0. The van der Waals surface area contributed by atoms with E-state index < -0.39 is 5.75 Å². The number of hydrogen-bond acceptors (Lipinski definition) is 4. The highest BCUT2D eigenvalue weighted by Gasteiger charge is 2.13. The molecule has 0 aliphatic rings. The Labute approximate surface area is 125 Å². The van der Waals surface area contributed by atoms with Gasteiger partial charge in [-0.25, -0.2) is 0 Å². The van der Waals surface area contributed by atoms with Crippen molar-refractivity contribution in [1.82, 2.24) is 5.32 Å². The first-order chi connectivity index (χ1) is 9.50. The molecule has 5 heteroatoms. The van der Waals surface area contributed by atoms with Crippen LogP contribution in [0.25, 0.3) is 0 Å².